The molecule has 1 aliphatic rings. The molecule has 1 fully saturated rings. The molecule has 0 bridgehead atoms. The fourth-order valence-electron chi connectivity index (χ4n) is 2.17. The number of likely N-dealkylation sites (tertiary alicyclic amines) is 1. The van der Waals surface area contributed by atoms with Crippen LogP contribution in [0, 0.1) is 5.92 Å². The summed E-state index contributed by atoms with van der Waals surface area (Å²) >= 11 is 1.92. The zero-order valence-corrected chi connectivity index (χ0v) is 10.6. The molecule has 1 N–H and O–H groups in total. The predicted molar refractivity (Wildman–Crippen MR) is 66.1 cm³/mol. The first-order chi connectivity index (χ1) is 6.74. The average molecular weight is 216 g/mol. The molecule has 1 aliphatic heterocycles. The molecular weight excluding hydrogens is 192 g/mol. The quantitative estimate of drug-likeness (QED) is 0.704. The van der Waals surface area contributed by atoms with Crippen LogP contribution in [0.4, 0.5) is 0 Å². The van der Waals surface area contributed by atoms with Crippen LogP contribution in [0.2, 0.25) is 0 Å². The summed E-state index contributed by atoms with van der Waals surface area (Å²) in [5.41, 5.74) is 0. The largest absolute Gasteiger partial charge is 0.313 e. The summed E-state index contributed by atoms with van der Waals surface area (Å²) in [6.45, 7) is 6.05. The molecule has 0 aromatic carbocycles. The number of nitrogens with zero attached hydrogens (tertiary/aromatic N) is 1. The molecule has 1 rings (SSSR count). The van der Waals surface area contributed by atoms with E-state index in [4.69, 9.17) is 0 Å². The maximum absolute atomic E-state index is 3.63. The Kier molecular flexibility index (Phi) is 5.90. The van der Waals surface area contributed by atoms with Crippen LogP contribution in [0.3, 0.4) is 0 Å². The molecule has 2 nitrogen and oxygen atoms in total. The van der Waals surface area contributed by atoms with E-state index >= 15 is 0 Å². The minimum absolute atomic E-state index is 0.685. The van der Waals surface area contributed by atoms with Gasteiger partial charge in [-0.15, -0.1) is 0 Å². The summed E-state index contributed by atoms with van der Waals surface area (Å²) in [5, 5.41) is 3.63. The highest BCUT2D eigenvalue weighted by Gasteiger charge is 2.21. The maximum atomic E-state index is 3.63. The lowest BCUT2D eigenvalue weighted by atomic mass is 9.92. The van der Waals surface area contributed by atoms with Crippen LogP contribution in [0.5, 0.6) is 0 Å². The van der Waals surface area contributed by atoms with E-state index in [1.54, 1.807) is 0 Å². The van der Waals surface area contributed by atoms with E-state index in [1.807, 2.05) is 11.8 Å². The molecule has 0 amide bonds. The van der Waals surface area contributed by atoms with Gasteiger partial charge in [-0.2, -0.15) is 11.8 Å². The lowest BCUT2D eigenvalue weighted by Gasteiger charge is -2.33. The third kappa shape index (κ3) is 4.20. The van der Waals surface area contributed by atoms with E-state index in [2.05, 4.69) is 30.4 Å². The van der Waals surface area contributed by atoms with Gasteiger partial charge < -0.3 is 10.2 Å². The molecule has 84 valence electrons. The van der Waals surface area contributed by atoms with Gasteiger partial charge in [-0.25, -0.2) is 0 Å². The van der Waals surface area contributed by atoms with Crippen LogP contribution in [0.15, 0.2) is 0 Å². The first kappa shape index (κ1) is 12.3. The van der Waals surface area contributed by atoms with Gasteiger partial charge in [0.2, 0.25) is 0 Å². The lowest BCUT2D eigenvalue weighted by Crippen LogP contribution is -2.43. The summed E-state index contributed by atoms with van der Waals surface area (Å²) < 4.78 is 0. The Bertz CT molecular complexity index is 152. The second-order valence-electron chi connectivity index (χ2n) is 4.40. The van der Waals surface area contributed by atoms with Gasteiger partial charge in [-0.3, -0.25) is 0 Å². The Morgan fingerprint density at radius 3 is 3.00 bits per heavy atom. The van der Waals surface area contributed by atoms with Crippen molar-refractivity contribution in [3.8, 4) is 0 Å². The molecule has 2 unspecified atom stereocenters. The van der Waals surface area contributed by atoms with Crippen molar-refractivity contribution in [1.29, 1.82) is 0 Å². The highest BCUT2D eigenvalue weighted by Crippen LogP contribution is 2.18. The number of hydrogen-bond donors (Lipinski definition) is 1. The van der Waals surface area contributed by atoms with Gasteiger partial charge in [0.05, 0.1) is 0 Å². The van der Waals surface area contributed by atoms with Gasteiger partial charge in [-0.1, -0.05) is 0 Å². The Labute approximate surface area is 92.8 Å². The van der Waals surface area contributed by atoms with Crippen molar-refractivity contribution in [2.45, 2.75) is 25.8 Å². The Balaban J connectivity index is 2.18. The zero-order chi connectivity index (χ0) is 10.4. The molecule has 2 atom stereocenters. The van der Waals surface area contributed by atoms with Gasteiger partial charge in [0.25, 0.3) is 0 Å². The van der Waals surface area contributed by atoms with E-state index in [-0.39, 0.29) is 0 Å². The average Bonchev–Trinajstić information content (AvgIpc) is 2.18. The predicted octanol–water partition coefficient (Wildman–Crippen LogP) is 1.67. The summed E-state index contributed by atoms with van der Waals surface area (Å²) in [5.74, 6) is 2.09. The van der Waals surface area contributed by atoms with Gasteiger partial charge in [0.15, 0.2) is 0 Å². The number of hydrogen-bond acceptors (Lipinski definition) is 3. The first-order valence-electron chi connectivity index (χ1n) is 5.65. The minimum Gasteiger partial charge on any atom is -0.313 e. The summed E-state index contributed by atoms with van der Waals surface area (Å²) in [6, 6.07) is 0.685. The van der Waals surface area contributed by atoms with E-state index in [0.29, 0.717) is 6.04 Å². The standard InChI is InChI=1S/C11H24N2S/c1-10(12-6-8-14-3)11-5-4-7-13(2)9-11/h10-12H,4-9H2,1-3H3. The Morgan fingerprint density at radius 2 is 2.36 bits per heavy atom. The fraction of sp³-hybridized carbons (Fsp3) is 1.00. The van der Waals surface area contributed by atoms with Gasteiger partial charge in [0, 0.05) is 24.9 Å². The smallest absolute Gasteiger partial charge is 0.00795 e. The van der Waals surface area contributed by atoms with Crippen molar-refractivity contribution in [2.75, 3.05) is 38.7 Å². The molecule has 1 heterocycles. The second kappa shape index (κ2) is 6.70. The van der Waals surface area contributed by atoms with E-state index < -0.39 is 0 Å². The van der Waals surface area contributed by atoms with Crippen molar-refractivity contribution < 1.29 is 0 Å². The van der Waals surface area contributed by atoms with E-state index in [9.17, 15) is 0 Å². The number of thioether (sulfide) groups is 1. The van der Waals surface area contributed by atoms with Crippen LogP contribution >= 0.6 is 11.8 Å². The van der Waals surface area contributed by atoms with Crippen LogP contribution in [0.1, 0.15) is 19.8 Å². The molecule has 14 heavy (non-hydrogen) atoms. The van der Waals surface area contributed by atoms with E-state index in [1.165, 1.54) is 31.7 Å². The zero-order valence-electron chi connectivity index (χ0n) is 9.75. The molecule has 1 saturated heterocycles. The lowest BCUT2D eigenvalue weighted by molar-refractivity contribution is 0.180. The monoisotopic (exact) mass is 216 g/mol. The third-order valence-corrected chi connectivity index (χ3v) is 3.75. The molecule has 0 radical (unpaired) electrons. The van der Waals surface area contributed by atoms with Crippen molar-refractivity contribution in [2.24, 2.45) is 5.92 Å². The van der Waals surface area contributed by atoms with Gasteiger partial charge in [-0.05, 0) is 45.5 Å². The maximum Gasteiger partial charge on any atom is 0.00795 e. The first-order valence-corrected chi connectivity index (χ1v) is 7.04. The number of nitrogens with one attached hydrogen (secondary N) is 1. The Hall–Kier alpha value is 0.270. The number of piperidine rings is 1. The molecular formula is C11H24N2S. The van der Waals surface area contributed by atoms with Crippen LogP contribution in [0.25, 0.3) is 0 Å². The van der Waals surface area contributed by atoms with E-state index in [0.717, 1.165) is 12.5 Å². The summed E-state index contributed by atoms with van der Waals surface area (Å²) in [7, 11) is 2.24. The summed E-state index contributed by atoms with van der Waals surface area (Å²) in [6.07, 6.45) is 4.94. The normalized spacial score (nSPS) is 26.4. The SMILES string of the molecule is CSCCNC(C)C1CCCN(C)C1. The molecule has 0 aliphatic carbocycles. The van der Waals surface area contributed by atoms with Crippen molar-refractivity contribution >= 4 is 11.8 Å². The topological polar surface area (TPSA) is 15.3 Å². The third-order valence-electron chi connectivity index (χ3n) is 3.14. The summed E-state index contributed by atoms with van der Waals surface area (Å²) in [4.78, 5) is 2.46. The van der Waals surface area contributed by atoms with Crippen LogP contribution < -0.4 is 5.32 Å². The van der Waals surface area contributed by atoms with Crippen LogP contribution in [-0.2, 0) is 0 Å². The highest BCUT2D eigenvalue weighted by atomic mass is 32.2. The second-order valence-corrected chi connectivity index (χ2v) is 5.39. The van der Waals surface area contributed by atoms with Crippen LogP contribution in [-0.4, -0.2) is 49.6 Å². The minimum atomic E-state index is 0.685. The number of rotatable bonds is 5. The Morgan fingerprint density at radius 1 is 1.57 bits per heavy atom. The molecule has 0 aromatic rings. The highest BCUT2D eigenvalue weighted by molar-refractivity contribution is 7.98. The molecule has 3 heteroatoms. The van der Waals surface area contributed by atoms with Crippen molar-refractivity contribution in [3.63, 3.8) is 0 Å². The molecule has 0 spiro atoms. The van der Waals surface area contributed by atoms with Crippen molar-refractivity contribution in [1.82, 2.24) is 10.2 Å². The van der Waals surface area contributed by atoms with Gasteiger partial charge in [0.1, 0.15) is 0 Å². The van der Waals surface area contributed by atoms with Gasteiger partial charge >= 0.3 is 0 Å². The molecule has 0 aromatic heterocycles. The molecule has 0 saturated carbocycles. The van der Waals surface area contributed by atoms with Crippen molar-refractivity contribution in [3.05, 3.63) is 0 Å². The fourth-order valence-corrected chi connectivity index (χ4v) is 2.49.